The molecule has 1 aliphatic rings. The second kappa shape index (κ2) is 3.05. The minimum absolute atomic E-state index is 1.06. The zero-order chi connectivity index (χ0) is 9.26. The molecule has 1 aromatic heterocycles. The van der Waals surface area contributed by atoms with Crippen LogP contribution >= 0.6 is 0 Å². The monoisotopic (exact) mass is 172 g/mol. The number of hydrogen-bond acceptors (Lipinski definition) is 1. The molecular formula is C11H12N2. The van der Waals surface area contributed by atoms with Gasteiger partial charge in [0.05, 0.1) is 5.70 Å². The predicted molar refractivity (Wildman–Crippen MR) is 55.6 cm³/mol. The van der Waals surface area contributed by atoms with Crippen molar-refractivity contribution in [1.82, 2.24) is 4.57 Å². The van der Waals surface area contributed by atoms with E-state index in [0.29, 0.717) is 0 Å². The van der Waals surface area contributed by atoms with E-state index in [1.807, 2.05) is 37.7 Å². The summed E-state index contributed by atoms with van der Waals surface area (Å²) in [5, 5.41) is 0. The molecule has 1 aromatic rings. The van der Waals surface area contributed by atoms with Crippen molar-refractivity contribution in [2.24, 2.45) is 12.0 Å². The van der Waals surface area contributed by atoms with E-state index >= 15 is 0 Å². The molecule has 2 heterocycles. The van der Waals surface area contributed by atoms with Crippen molar-refractivity contribution in [3.63, 3.8) is 0 Å². The van der Waals surface area contributed by atoms with Crippen LogP contribution in [0, 0.1) is 0 Å². The van der Waals surface area contributed by atoms with Crippen molar-refractivity contribution in [1.29, 1.82) is 0 Å². The first-order chi connectivity index (χ1) is 6.29. The summed E-state index contributed by atoms with van der Waals surface area (Å²) in [6, 6.07) is 4.14. The fraction of sp³-hybridized carbons (Fsp3) is 0.182. The third-order valence-electron chi connectivity index (χ3n) is 2.27. The second-order valence-corrected chi connectivity index (χ2v) is 3.15. The van der Waals surface area contributed by atoms with Crippen LogP contribution in [0.2, 0.25) is 0 Å². The lowest BCUT2D eigenvalue weighted by Crippen LogP contribution is -1.92. The maximum absolute atomic E-state index is 4.26. The maximum atomic E-state index is 4.26. The Bertz CT molecular complexity index is 391. The molecule has 0 fully saturated rings. The molecule has 0 aliphatic carbocycles. The van der Waals surface area contributed by atoms with E-state index in [-0.39, 0.29) is 0 Å². The van der Waals surface area contributed by atoms with Crippen molar-refractivity contribution in [2.75, 3.05) is 0 Å². The summed E-state index contributed by atoms with van der Waals surface area (Å²) in [6.07, 6.45) is 7.85. The van der Waals surface area contributed by atoms with E-state index < -0.39 is 0 Å². The molecule has 0 saturated carbocycles. The zero-order valence-electron chi connectivity index (χ0n) is 7.86. The van der Waals surface area contributed by atoms with E-state index in [1.54, 1.807) is 0 Å². The van der Waals surface area contributed by atoms with Gasteiger partial charge in [-0.1, -0.05) is 0 Å². The smallest absolute Gasteiger partial charge is 0.0680 e. The fourth-order valence-corrected chi connectivity index (χ4v) is 1.50. The lowest BCUT2D eigenvalue weighted by atomic mass is 10.1. The predicted octanol–water partition coefficient (Wildman–Crippen LogP) is 2.40. The molecule has 0 N–H and O–H groups in total. The Balaban J connectivity index is 2.48. The maximum Gasteiger partial charge on any atom is 0.0680 e. The van der Waals surface area contributed by atoms with Crippen LogP contribution in [-0.4, -0.2) is 10.8 Å². The van der Waals surface area contributed by atoms with Crippen molar-refractivity contribution < 1.29 is 0 Å². The van der Waals surface area contributed by atoms with Crippen LogP contribution in [0.5, 0.6) is 0 Å². The fourth-order valence-electron chi connectivity index (χ4n) is 1.50. The highest BCUT2D eigenvalue weighted by Crippen LogP contribution is 2.21. The van der Waals surface area contributed by atoms with Crippen LogP contribution in [0.15, 0.2) is 41.2 Å². The average molecular weight is 172 g/mol. The van der Waals surface area contributed by atoms with Crippen molar-refractivity contribution in [3.05, 3.63) is 41.9 Å². The van der Waals surface area contributed by atoms with Gasteiger partial charge in [0, 0.05) is 25.2 Å². The molecule has 0 atom stereocenters. The summed E-state index contributed by atoms with van der Waals surface area (Å²) in [7, 11) is 2.04. The Morgan fingerprint density at radius 3 is 2.85 bits per heavy atom. The molecular weight excluding hydrogens is 160 g/mol. The summed E-state index contributed by atoms with van der Waals surface area (Å²) < 4.78 is 2.10. The molecule has 0 saturated heterocycles. The summed E-state index contributed by atoms with van der Waals surface area (Å²) in [5.74, 6) is 0. The SMILES string of the molecule is C/C(=C1\C=CC=N1)c1cccn1C. The number of allylic oxidation sites excluding steroid dienone is 3. The molecule has 0 radical (unpaired) electrons. The second-order valence-electron chi connectivity index (χ2n) is 3.15. The standard InChI is InChI=1S/C11H12N2/c1-9(10-5-3-7-12-10)11-6-4-8-13(11)2/h3-8H,1-2H3/b10-9-. The summed E-state index contributed by atoms with van der Waals surface area (Å²) >= 11 is 0. The van der Waals surface area contributed by atoms with Crippen molar-refractivity contribution in [2.45, 2.75) is 6.92 Å². The first kappa shape index (κ1) is 8.05. The highest BCUT2D eigenvalue weighted by atomic mass is 14.9. The number of aryl methyl sites for hydroxylation is 1. The molecule has 1 aliphatic heterocycles. The van der Waals surface area contributed by atoms with E-state index in [1.165, 1.54) is 11.3 Å². The minimum atomic E-state index is 1.06. The first-order valence-corrected chi connectivity index (χ1v) is 4.32. The molecule has 0 unspecified atom stereocenters. The van der Waals surface area contributed by atoms with Gasteiger partial charge in [0.15, 0.2) is 0 Å². The topological polar surface area (TPSA) is 17.3 Å². The largest absolute Gasteiger partial charge is 0.351 e. The molecule has 2 nitrogen and oxygen atoms in total. The lowest BCUT2D eigenvalue weighted by molar-refractivity contribution is 0.906. The molecule has 0 spiro atoms. The third kappa shape index (κ3) is 1.35. The third-order valence-corrected chi connectivity index (χ3v) is 2.27. The Labute approximate surface area is 77.9 Å². The van der Waals surface area contributed by atoms with Crippen LogP contribution in [0.3, 0.4) is 0 Å². The van der Waals surface area contributed by atoms with Crippen LogP contribution < -0.4 is 0 Å². The summed E-state index contributed by atoms with van der Waals surface area (Å²) in [4.78, 5) is 4.26. The van der Waals surface area contributed by atoms with Gasteiger partial charge in [-0.25, -0.2) is 0 Å². The normalized spacial score (nSPS) is 18.3. The van der Waals surface area contributed by atoms with E-state index in [4.69, 9.17) is 0 Å². The van der Waals surface area contributed by atoms with Crippen LogP contribution in [0.1, 0.15) is 12.6 Å². The molecule has 0 amide bonds. The summed E-state index contributed by atoms with van der Waals surface area (Å²) in [6.45, 7) is 2.09. The Morgan fingerprint density at radius 1 is 1.46 bits per heavy atom. The highest BCUT2D eigenvalue weighted by molar-refractivity contribution is 5.82. The van der Waals surface area contributed by atoms with Crippen molar-refractivity contribution in [3.8, 4) is 0 Å². The minimum Gasteiger partial charge on any atom is -0.351 e. The number of aromatic nitrogens is 1. The highest BCUT2D eigenvalue weighted by Gasteiger charge is 2.05. The average Bonchev–Trinajstić information content (AvgIpc) is 2.72. The quantitative estimate of drug-likeness (QED) is 0.619. The van der Waals surface area contributed by atoms with Crippen LogP contribution in [0.4, 0.5) is 0 Å². The van der Waals surface area contributed by atoms with Crippen molar-refractivity contribution >= 4 is 11.8 Å². The number of aliphatic imine (C=N–C) groups is 1. The van der Waals surface area contributed by atoms with E-state index in [0.717, 1.165) is 5.70 Å². The first-order valence-electron chi connectivity index (χ1n) is 4.32. The van der Waals surface area contributed by atoms with Crippen LogP contribution in [0.25, 0.3) is 5.57 Å². The Morgan fingerprint density at radius 2 is 2.31 bits per heavy atom. The van der Waals surface area contributed by atoms with Crippen LogP contribution in [-0.2, 0) is 7.05 Å². The lowest BCUT2D eigenvalue weighted by Gasteiger charge is -2.04. The molecule has 13 heavy (non-hydrogen) atoms. The number of hydrogen-bond donors (Lipinski definition) is 0. The number of rotatable bonds is 1. The molecule has 0 bridgehead atoms. The zero-order valence-corrected chi connectivity index (χ0v) is 7.86. The molecule has 66 valence electrons. The van der Waals surface area contributed by atoms with Gasteiger partial charge in [-0.05, 0) is 36.8 Å². The molecule has 2 rings (SSSR count). The van der Waals surface area contributed by atoms with E-state index in [9.17, 15) is 0 Å². The van der Waals surface area contributed by atoms with Gasteiger partial charge in [0.2, 0.25) is 0 Å². The Kier molecular flexibility index (Phi) is 1.89. The molecule has 2 heteroatoms. The molecule has 0 aromatic carbocycles. The van der Waals surface area contributed by atoms with Gasteiger partial charge >= 0.3 is 0 Å². The summed E-state index contributed by atoms with van der Waals surface area (Å²) in [5.41, 5.74) is 3.50. The van der Waals surface area contributed by atoms with Gasteiger partial charge < -0.3 is 4.57 Å². The van der Waals surface area contributed by atoms with Gasteiger partial charge in [-0.3, -0.25) is 4.99 Å². The van der Waals surface area contributed by atoms with Gasteiger partial charge in [0.1, 0.15) is 0 Å². The number of nitrogens with zero attached hydrogens (tertiary/aromatic N) is 2. The Hall–Kier alpha value is -1.57. The van der Waals surface area contributed by atoms with Gasteiger partial charge in [-0.15, -0.1) is 0 Å². The van der Waals surface area contributed by atoms with E-state index in [2.05, 4.69) is 22.5 Å². The van der Waals surface area contributed by atoms with Gasteiger partial charge in [0.25, 0.3) is 0 Å². The van der Waals surface area contributed by atoms with Gasteiger partial charge in [-0.2, -0.15) is 0 Å².